The van der Waals surface area contributed by atoms with E-state index in [2.05, 4.69) is 10.9 Å². The third-order valence-electron chi connectivity index (χ3n) is 3.39. The fraction of sp³-hybridized carbons (Fsp3) is 0.200. The molecule has 1 aliphatic heterocycles. The number of aryl methyl sites for hydroxylation is 1. The number of halogens is 1. The third-order valence-corrected chi connectivity index (χ3v) is 3.63. The molecule has 0 fully saturated rings. The maximum atomic E-state index is 12.1. The van der Waals surface area contributed by atoms with Crippen molar-refractivity contribution < 1.29 is 18.7 Å². The van der Waals surface area contributed by atoms with Crippen LogP contribution < -0.4 is 15.6 Å². The van der Waals surface area contributed by atoms with Gasteiger partial charge in [-0.25, -0.2) is 0 Å². The van der Waals surface area contributed by atoms with Crippen LogP contribution in [0.5, 0.6) is 5.75 Å². The van der Waals surface area contributed by atoms with Crippen LogP contribution in [0.3, 0.4) is 0 Å². The highest BCUT2D eigenvalue weighted by atomic mass is 35.5. The lowest BCUT2D eigenvalue weighted by atomic mass is 10.1. The Morgan fingerprint density at radius 1 is 1.27 bits per heavy atom. The molecule has 0 saturated heterocycles. The Bertz CT molecular complexity index is 741. The summed E-state index contributed by atoms with van der Waals surface area (Å²) >= 11 is 5.90. The molecule has 1 aromatic carbocycles. The molecule has 2 amide bonds. The Hall–Kier alpha value is -2.47. The Balaban J connectivity index is 1.58. The van der Waals surface area contributed by atoms with Gasteiger partial charge in [-0.2, -0.15) is 0 Å². The maximum absolute atomic E-state index is 12.1. The van der Waals surface area contributed by atoms with Gasteiger partial charge in [0, 0.05) is 11.4 Å². The molecule has 0 aliphatic carbocycles. The Kier molecular flexibility index (Phi) is 3.77. The average molecular weight is 321 g/mol. The zero-order chi connectivity index (χ0) is 15.7. The molecule has 3 rings (SSSR count). The van der Waals surface area contributed by atoms with Crippen molar-refractivity contribution >= 4 is 23.4 Å². The van der Waals surface area contributed by atoms with Gasteiger partial charge in [-0.1, -0.05) is 11.6 Å². The van der Waals surface area contributed by atoms with Gasteiger partial charge in [-0.3, -0.25) is 20.4 Å². The van der Waals surface area contributed by atoms with Crippen LogP contribution in [0, 0.1) is 6.92 Å². The van der Waals surface area contributed by atoms with E-state index in [1.54, 1.807) is 25.1 Å². The van der Waals surface area contributed by atoms with Crippen LogP contribution in [0.15, 0.2) is 34.9 Å². The number of carbonyl (C=O) groups is 2. The summed E-state index contributed by atoms with van der Waals surface area (Å²) in [5, 5.41) is 0.590. The van der Waals surface area contributed by atoms with Gasteiger partial charge >= 0.3 is 0 Å². The number of ether oxygens (including phenoxy) is 1. The van der Waals surface area contributed by atoms with Crippen LogP contribution in [0.25, 0.3) is 0 Å². The minimum Gasteiger partial charge on any atom is -0.480 e. The van der Waals surface area contributed by atoms with Gasteiger partial charge in [0.25, 0.3) is 11.8 Å². The summed E-state index contributed by atoms with van der Waals surface area (Å²) in [5.74, 6) is 0.229. The lowest BCUT2D eigenvalue weighted by molar-refractivity contribution is -0.128. The van der Waals surface area contributed by atoms with Crippen LogP contribution in [0.2, 0.25) is 5.02 Å². The summed E-state index contributed by atoms with van der Waals surface area (Å²) in [6.45, 7) is 1.66. The van der Waals surface area contributed by atoms with Crippen LogP contribution in [0.4, 0.5) is 0 Å². The van der Waals surface area contributed by atoms with Crippen LogP contribution >= 0.6 is 11.6 Å². The SMILES string of the molecule is Cc1occc1C(=O)NNC(=O)C1Cc2cc(Cl)ccc2O1. The highest BCUT2D eigenvalue weighted by Gasteiger charge is 2.29. The summed E-state index contributed by atoms with van der Waals surface area (Å²) in [6.07, 6.45) is 1.12. The van der Waals surface area contributed by atoms with Crippen molar-refractivity contribution in [3.05, 3.63) is 52.4 Å². The van der Waals surface area contributed by atoms with Crippen LogP contribution in [0.1, 0.15) is 21.7 Å². The molecule has 0 saturated carbocycles. The zero-order valence-electron chi connectivity index (χ0n) is 11.7. The minimum absolute atomic E-state index is 0.364. The molecule has 1 atom stereocenters. The van der Waals surface area contributed by atoms with Gasteiger partial charge in [0.15, 0.2) is 6.10 Å². The molecule has 0 radical (unpaired) electrons. The number of hydrogen-bond donors (Lipinski definition) is 2. The Morgan fingerprint density at radius 2 is 2.09 bits per heavy atom. The molecular weight excluding hydrogens is 308 g/mol. The van der Waals surface area contributed by atoms with Crippen molar-refractivity contribution in [3.63, 3.8) is 0 Å². The van der Waals surface area contributed by atoms with E-state index in [4.69, 9.17) is 20.8 Å². The summed E-state index contributed by atoms with van der Waals surface area (Å²) in [5.41, 5.74) is 5.92. The van der Waals surface area contributed by atoms with Crippen molar-refractivity contribution in [2.24, 2.45) is 0 Å². The van der Waals surface area contributed by atoms with E-state index in [0.717, 1.165) is 5.56 Å². The summed E-state index contributed by atoms with van der Waals surface area (Å²) in [7, 11) is 0. The fourth-order valence-electron chi connectivity index (χ4n) is 2.25. The van der Waals surface area contributed by atoms with Gasteiger partial charge in [-0.05, 0) is 36.8 Å². The van der Waals surface area contributed by atoms with Crippen molar-refractivity contribution in [2.75, 3.05) is 0 Å². The van der Waals surface area contributed by atoms with Gasteiger partial charge in [0.2, 0.25) is 0 Å². The molecule has 22 heavy (non-hydrogen) atoms. The summed E-state index contributed by atoms with van der Waals surface area (Å²) in [6, 6.07) is 6.71. The molecule has 1 aliphatic rings. The van der Waals surface area contributed by atoms with E-state index < -0.39 is 17.9 Å². The lowest BCUT2D eigenvalue weighted by Gasteiger charge is -2.11. The second-order valence-corrected chi connectivity index (χ2v) is 5.33. The van der Waals surface area contributed by atoms with Crippen LogP contribution in [-0.2, 0) is 11.2 Å². The van der Waals surface area contributed by atoms with Crippen molar-refractivity contribution in [1.82, 2.24) is 10.9 Å². The monoisotopic (exact) mass is 320 g/mol. The number of rotatable bonds is 2. The first kappa shape index (κ1) is 14.5. The zero-order valence-corrected chi connectivity index (χ0v) is 12.4. The number of amides is 2. The first-order valence-electron chi connectivity index (χ1n) is 6.64. The molecular formula is C15H13ClN2O4. The predicted octanol–water partition coefficient (Wildman–Crippen LogP) is 2.01. The second kappa shape index (κ2) is 5.73. The number of fused-ring (bicyclic) bond motifs is 1. The standard InChI is InChI=1S/C15H13ClN2O4/c1-8-11(4-5-21-8)14(19)17-18-15(20)13-7-9-6-10(16)2-3-12(9)22-13/h2-6,13H,7H2,1H3,(H,17,19)(H,18,20). The fourth-order valence-corrected chi connectivity index (χ4v) is 2.44. The topological polar surface area (TPSA) is 80.6 Å². The quantitative estimate of drug-likeness (QED) is 0.829. The molecule has 1 unspecified atom stereocenters. The highest BCUT2D eigenvalue weighted by molar-refractivity contribution is 6.30. The largest absolute Gasteiger partial charge is 0.480 e. The van der Waals surface area contributed by atoms with Gasteiger partial charge < -0.3 is 9.15 Å². The minimum atomic E-state index is -0.695. The van der Waals surface area contributed by atoms with Crippen molar-refractivity contribution in [1.29, 1.82) is 0 Å². The lowest BCUT2D eigenvalue weighted by Crippen LogP contribution is -2.47. The third kappa shape index (κ3) is 2.78. The van der Waals surface area contributed by atoms with E-state index in [1.807, 2.05) is 0 Å². The maximum Gasteiger partial charge on any atom is 0.279 e. The van der Waals surface area contributed by atoms with Crippen LogP contribution in [-0.4, -0.2) is 17.9 Å². The normalized spacial score (nSPS) is 15.8. The summed E-state index contributed by atoms with van der Waals surface area (Å²) in [4.78, 5) is 23.9. The number of nitrogens with one attached hydrogen (secondary N) is 2. The van der Waals surface area contributed by atoms with E-state index in [1.165, 1.54) is 12.3 Å². The average Bonchev–Trinajstić information content (AvgIpc) is 3.09. The molecule has 2 N–H and O–H groups in total. The molecule has 2 heterocycles. The van der Waals surface area contributed by atoms with Gasteiger partial charge in [0.05, 0.1) is 11.8 Å². The number of furan rings is 1. The molecule has 7 heteroatoms. The Labute approximate surface area is 131 Å². The number of carbonyl (C=O) groups excluding carboxylic acids is 2. The predicted molar refractivity (Wildman–Crippen MR) is 78.6 cm³/mol. The summed E-state index contributed by atoms with van der Waals surface area (Å²) < 4.78 is 10.6. The Morgan fingerprint density at radius 3 is 2.82 bits per heavy atom. The molecule has 6 nitrogen and oxygen atoms in total. The molecule has 114 valence electrons. The smallest absolute Gasteiger partial charge is 0.279 e. The molecule has 1 aromatic heterocycles. The number of benzene rings is 1. The van der Waals surface area contributed by atoms with Crippen molar-refractivity contribution in [3.8, 4) is 5.75 Å². The molecule has 2 aromatic rings. The van der Waals surface area contributed by atoms with E-state index in [-0.39, 0.29) is 0 Å². The number of hydrazine groups is 1. The first-order chi connectivity index (χ1) is 10.5. The van der Waals surface area contributed by atoms with Gasteiger partial charge in [-0.15, -0.1) is 0 Å². The molecule has 0 spiro atoms. The van der Waals surface area contributed by atoms with E-state index in [0.29, 0.717) is 28.5 Å². The first-order valence-corrected chi connectivity index (χ1v) is 7.02. The molecule has 0 bridgehead atoms. The van der Waals surface area contributed by atoms with E-state index in [9.17, 15) is 9.59 Å². The van der Waals surface area contributed by atoms with Gasteiger partial charge in [0.1, 0.15) is 11.5 Å². The highest BCUT2D eigenvalue weighted by Crippen LogP contribution is 2.30. The number of hydrogen-bond acceptors (Lipinski definition) is 4. The van der Waals surface area contributed by atoms with Crippen molar-refractivity contribution in [2.45, 2.75) is 19.4 Å². The second-order valence-electron chi connectivity index (χ2n) is 4.90. The van der Waals surface area contributed by atoms with E-state index >= 15 is 0 Å².